The summed E-state index contributed by atoms with van der Waals surface area (Å²) in [6.07, 6.45) is 1.98. The van der Waals surface area contributed by atoms with Crippen LogP contribution in [0, 0.1) is 0 Å². The summed E-state index contributed by atoms with van der Waals surface area (Å²) >= 11 is 0. The number of rotatable bonds is 2. The summed E-state index contributed by atoms with van der Waals surface area (Å²) in [5.41, 5.74) is 9.74. The number of aromatic carboxylic acids is 1. The number of para-hydroxylation sites is 2. The van der Waals surface area contributed by atoms with Gasteiger partial charge in [-0.15, -0.1) is 0 Å². The molecule has 2 aromatic carbocycles. The monoisotopic (exact) mass is 282 g/mol. The number of anilines is 3. The number of carboxylic acid groups (broad SMARTS) is 1. The SMILES string of the molecule is CC1CCc2ccccc2N1c1c(N)cccc1C(=O)O. The number of fused-ring (bicyclic) bond motifs is 1. The molecule has 3 rings (SSSR count). The predicted molar refractivity (Wildman–Crippen MR) is 84.2 cm³/mol. The van der Waals surface area contributed by atoms with E-state index >= 15 is 0 Å². The Morgan fingerprint density at radius 1 is 1.24 bits per heavy atom. The van der Waals surface area contributed by atoms with Crippen LogP contribution in [0.2, 0.25) is 0 Å². The van der Waals surface area contributed by atoms with Crippen LogP contribution in [0.5, 0.6) is 0 Å². The molecule has 0 aromatic heterocycles. The first-order valence-electron chi connectivity index (χ1n) is 7.08. The molecule has 0 aliphatic carbocycles. The largest absolute Gasteiger partial charge is 0.478 e. The number of hydrogen-bond donors (Lipinski definition) is 2. The van der Waals surface area contributed by atoms with E-state index in [1.54, 1.807) is 18.2 Å². The van der Waals surface area contributed by atoms with Crippen molar-refractivity contribution in [2.75, 3.05) is 10.6 Å². The summed E-state index contributed by atoms with van der Waals surface area (Å²) < 4.78 is 0. The van der Waals surface area contributed by atoms with Crippen molar-refractivity contribution in [1.82, 2.24) is 0 Å². The first-order chi connectivity index (χ1) is 10.1. The summed E-state index contributed by atoms with van der Waals surface area (Å²) in [6.45, 7) is 2.11. The number of hydrogen-bond acceptors (Lipinski definition) is 3. The molecule has 4 nitrogen and oxygen atoms in total. The van der Waals surface area contributed by atoms with Gasteiger partial charge in [0.05, 0.1) is 16.9 Å². The molecule has 1 aliphatic rings. The van der Waals surface area contributed by atoms with Crippen LogP contribution in [-0.2, 0) is 6.42 Å². The van der Waals surface area contributed by atoms with Crippen molar-refractivity contribution in [3.05, 3.63) is 53.6 Å². The number of carbonyl (C=O) groups is 1. The first-order valence-corrected chi connectivity index (χ1v) is 7.08. The number of nitrogens with two attached hydrogens (primary N) is 1. The minimum Gasteiger partial charge on any atom is -0.478 e. The number of carboxylic acids is 1. The van der Waals surface area contributed by atoms with Crippen molar-refractivity contribution in [2.45, 2.75) is 25.8 Å². The fraction of sp³-hybridized carbons (Fsp3) is 0.235. The molecule has 0 spiro atoms. The van der Waals surface area contributed by atoms with Gasteiger partial charge in [-0.1, -0.05) is 24.3 Å². The van der Waals surface area contributed by atoms with Crippen LogP contribution >= 0.6 is 0 Å². The highest BCUT2D eigenvalue weighted by Gasteiger charge is 2.28. The van der Waals surface area contributed by atoms with Gasteiger partial charge in [0.25, 0.3) is 0 Å². The molecule has 1 aliphatic heterocycles. The normalized spacial score (nSPS) is 17.4. The predicted octanol–water partition coefficient (Wildman–Crippen LogP) is 3.44. The van der Waals surface area contributed by atoms with Gasteiger partial charge in [-0.25, -0.2) is 4.79 Å². The average Bonchev–Trinajstić information content (AvgIpc) is 2.47. The lowest BCUT2D eigenvalue weighted by Gasteiger charge is -2.38. The lowest BCUT2D eigenvalue weighted by Crippen LogP contribution is -2.34. The number of nitrogen functional groups attached to an aromatic ring is 1. The lowest BCUT2D eigenvalue weighted by molar-refractivity contribution is 0.0697. The molecule has 3 N–H and O–H groups in total. The van der Waals surface area contributed by atoms with Gasteiger partial charge in [0, 0.05) is 11.7 Å². The third-order valence-electron chi connectivity index (χ3n) is 4.06. The van der Waals surface area contributed by atoms with E-state index in [1.165, 1.54) is 5.56 Å². The molecule has 0 amide bonds. The van der Waals surface area contributed by atoms with E-state index in [9.17, 15) is 9.90 Å². The zero-order valence-corrected chi connectivity index (χ0v) is 11.9. The van der Waals surface area contributed by atoms with E-state index in [1.807, 2.05) is 18.2 Å². The van der Waals surface area contributed by atoms with Crippen molar-refractivity contribution in [3.8, 4) is 0 Å². The molecular formula is C17H18N2O2. The smallest absolute Gasteiger partial charge is 0.337 e. The third-order valence-corrected chi connectivity index (χ3v) is 4.06. The fourth-order valence-electron chi connectivity index (χ4n) is 3.03. The second kappa shape index (κ2) is 5.13. The van der Waals surface area contributed by atoms with E-state index in [4.69, 9.17) is 5.73 Å². The standard InChI is InChI=1S/C17H18N2O2/c1-11-9-10-12-5-2-3-8-15(12)19(11)16-13(17(20)21)6-4-7-14(16)18/h2-8,11H,9-10,18H2,1H3,(H,20,21). The molecule has 4 heteroatoms. The Hall–Kier alpha value is -2.49. The topological polar surface area (TPSA) is 66.6 Å². The van der Waals surface area contributed by atoms with Crippen molar-refractivity contribution in [2.24, 2.45) is 0 Å². The maximum Gasteiger partial charge on any atom is 0.337 e. The minimum atomic E-state index is -0.951. The molecule has 2 aromatic rings. The molecule has 1 unspecified atom stereocenters. The minimum absolute atomic E-state index is 0.211. The zero-order chi connectivity index (χ0) is 15.0. The molecule has 0 saturated heterocycles. The van der Waals surface area contributed by atoms with Crippen molar-refractivity contribution >= 4 is 23.0 Å². The Labute approximate surface area is 123 Å². The van der Waals surface area contributed by atoms with Crippen LogP contribution in [0.4, 0.5) is 17.1 Å². The molecule has 1 heterocycles. The van der Waals surface area contributed by atoms with E-state index in [-0.39, 0.29) is 11.6 Å². The Balaban J connectivity index is 2.23. The highest BCUT2D eigenvalue weighted by Crippen LogP contribution is 2.41. The molecular weight excluding hydrogens is 264 g/mol. The van der Waals surface area contributed by atoms with Gasteiger partial charge < -0.3 is 15.7 Å². The van der Waals surface area contributed by atoms with E-state index in [2.05, 4.69) is 17.9 Å². The summed E-state index contributed by atoms with van der Waals surface area (Å²) in [6, 6.07) is 13.4. The third kappa shape index (κ3) is 2.23. The Kier molecular flexibility index (Phi) is 3.29. The molecule has 108 valence electrons. The van der Waals surface area contributed by atoms with Gasteiger partial charge in [0.1, 0.15) is 0 Å². The maximum atomic E-state index is 11.6. The molecule has 1 atom stereocenters. The fourth-order valence-corrected chi connectivity index (χ4v) is 3.03. The molecule has 0 radical (unpaired) electrons. The lowest BCUT2D eigenvalue weighted by atomic mass is 9.94. The van der Waals surface area contributed by atoms with Gasteiger partial charge in [0.15, 0.2) is 0 Å². The van der Waals surface area contributed by atoms with Gasteiger partial charge in [-0.2, -0.15) is 0 Å². The van der Waals surface area contributed by atoms with E-state index in [0.29, 0.717) is 11.4 Å². The average molecular weight is 282 g/mol. The van der Waals surface area contributed by atoms with Crippen LogP contribution in [0.3, 0.4) is 0 Å². The Morgan fingerprint density at radius 2 is 2.00 bits per heavy atom. The van der Waals surface area contributed by atoms with Crippen LogP contribution in [0.15, 0.2) is 42.5 Å². The van der Waals surface area contributed by atoms with Gasteiger partial charge in [0.2, 0.25) is 0 Å². The summed E-state index contributed by atoms with van der Waals surface area (Å²) in [5, 5.41) is 9.47. The van der Waals surface area contributed by atoms with Crippen molar-refractivity contribution in [1.29, 1.82) is 0 Å². The molecule has 0 fully saturated rings. The molecule has 0 saturated carbocycles. The van der Waals surface area contributed by atoms with Crippen LogP contribution in [-0.4, -0.2) is 17.1 Å². The molecule has 21 heavy (non-hydrogen) atoms. The van der Waals surface area contributed by atoms with Crippen molar-refractivity contribution < 1.29 is 9.90 Å². The first kappa shape index (κ1) is 13.5. The van der Waals surface area contributed by atoms with Gasteiger partial charge >= 0.3 is 5.97 Å². The summed E-state index contributed by atoms with van der Waals surface area (Å²) in [7, 11) is 0. The Bertz CT molecular complexity index is 697. The zero-order valence-electron chi connectivity index (χ0n) is 11.9. The maximum absolute atomic E-state index is 11.6. The highest BCUT2D eigenvalue weighted by molar-refractivity contribution is 5.99. The summed E-state index contributed by atoms with van der Waals surface area (Å²) in [4.78, 5) is 13.6. The Morgan fingerprint density at radius 3 is 2.76 bits per heavy atom. The number of nitrogens with zero attached hydrogens (tertiary/aromatic N) is 1. The van der Waals surface area contributed by atoms with Gasteiger partial charge in [-0.3, -0.25) is 0 Å². The van der Waals surface area contributed by atoms with Gasteiger partial charge in [-0.05, 0) is 43.5 Å². The number of benzene rings is 2. The van der Waals surface area contributed by atoms with E-state index < -0.39 is 5.97 Å². The quantitative estimate of drug-likeness (QED) is 0.828. The number of aryl methyl sites for hydroxylation is 1. The van der Waals surface area contributed by atoms with Crippen LogP contribution in [0.25, 0.3) is 0 Å². The van der Waals surface area contributed by atoms with E-state index in [0.717, 1.165) is 18.5 Å². The second-order valence-corrected chi connectivity index (χ2v) is 5.43. The van der Waals surface area contributed by atoms with Crippen LogP contribution in [0.1, 0.15) is 29.3 Å². The molecule has 0 bridgehead atoms. The highest BCUT2D eigenvalue weighted by atomic mass is 16.4. The van der Waals surface area contributed by atoms with Crippen molar-refractivity contribution in [3.63, 3.8) is 0 Å². The summed E-state index contributed by atoms with van der Waals surface area (Å²) in [5.74, 6) is -0.951. The second-order valence-electron chi connectivity index (χ2n) is 5.43. The van der Waals surface area contributed by atoms with Crippen LogP contribution < -0.4 is 10.6 Å².